The minimum atomic E-state index is -0.901. The molecule has 0 amide bonds. The average molecular weight is 244 g/mol. The molecule has 1 N–H and O–H groups in total. The van der Waals surface area contributed by atoms with Crippen molar-refractivity contribution in [1.82, 2.24) is 9.97 Å². The lowest BCUT2D eigenvalue weighted by Crippen LogP contribution is -2.02. The van der Waals surface area contributed by atoms with E-state index in [1.54, 1.807) is 37.4 Å². The van der Waals surface area contributed by atoms with Gasteiger partial charge in [0.15, 0.2) is 0 Å². The molecule has 5 nitrogen and oxygen atoms in total. The van der Waals surface area contributed by atoms with Gasteiger partial charge in [0.2, 0.25) is 5.88 Å². The summed E-state index contributed by atoms with van der Waals surface area (Å²) in [6.45, 7) is 1.78. The minimum Gasteiger partial charge on any atom is -0.481 e. The van der Waals surface area contributed by atoms with Crippen LogP contribution in [0.15, 0.2) is 36.7 Å². The van der Waals surface area contributed by atoms with E-state index in [1.165, 1.54) is 6.20 Å². The zero-order valence-electron chi connectivity index (χ0n) is 9.83. The number of benzene rings is 1. The quantitative estimate of drug-likeness (QED) is 0.892. The second-order valence-electron chi connectivity index (χ2n) is 3.73. The van der Waals surface area contributed by atoms with E-state index in [0.29, 0.717) is 22.9 Å². The van der Waals surface area contributed by atoms with Crippen LogP contribution in [0.25, 0.3) is 0 Å². The molecule has 0 radical (unpaired) electrons. The van der Waals surface area contributed by atoms with Crippen molar-refractivity contribution in [3.8, 4) is 11.6 Å². The third-order valence-corrected chi connectivity index (χ3v) is 2.36. The number of carboxylic acid groups (broad SMARTS) is 1. The van der Waals surface area contributed by atoms with Gasteiger partial charge in [-0.05, 0) is 13.0 Å². The number of aliphatic carboxylic acids is 1. The first kappa shape index (κ1) is 12.0. The van der Waals surface area contributed by atoms with E-state index in [0.717, 1.165) is 0 Å². The van der Waals surface area contributed by atoms with Gasteiger partial charge in [0, 0.05) is 18.0 Å². The maximum atomic E-state index is 10.8. The number of ether oxygens (including phenoxy) is 1. The first-order valence-electron chi connectivity index (χ1n) is 5.42. The van der Waals surface area contributed by atoms with Crippen molar-refractivity contribution >= 4 is 5.97 Å². The lowest BCUT2D eigenvalue weighted by atomic mass is 10.1. The molecule has 0 atom stereocenters. The maximum Gasteiger partial charge on any atom is 0.307 e. The minimum absolute atomic E-state index is 0.0878. The lowest BCUT2D eigenvalue weighted by molar-refractivity contribution is -0.136. The molecule has 1 aromatic carbocycles. The van der Waals surface area contributed by atoms with Crippen LogP contribution >= 0.6 is 0 Å². The fraction of sp³-hybridized carbons (Fsp3) is 0.154. The topological polar surface area (TPSA) is 72.3 Å². The molecule has 0 aliphatic heterocycles. The van der Waals surface area contributed by atoms with Gasteiger partial charge in [0.1, 0.15) is 5.75 Å². The van der Waals surface area contributed by atoms with Gasteiger partial charge in [-0.3, -0.25) is 9.78 Å². The zero-order valence-corrected chi connectivity index (χ0v) is 9.83. The van der Waals surface area contributed by atoms with Crippen molar-refractivity contribution in [1.29, 1.82) is 0 Å². The van der Waals surface area contributed by atoms with Crippen molar-refractivity contribution < 1.29 is 14.6 Å². The molecule has 1 heterocycles. The molecule has 0 saturated heterocycles. The van der Waals surface area contributed by atoms with Gasteiger partial charge >= 0.3 is 5.97 Å². The number of aromatic nitrogens is 2. The molecule has 0 saturated carbocycles. The van der Waals surface area contributed by atoms with Gasteiger partial charge in [-0.2, -0.15) is 0 Å². The van der Waals surface area contributed by atoms with Crippen LogP contribution in [0.3, 0.4) is 0 Å². The Labute approximate surface area is 104 Å². The summed E-state index contributed by atoms with van der Waals surface area (Å²) in [5, 5.41) is 8.83. The predicted molar refractivity (Wildman–Crippen MR) is 64.6 cm³/mol. The Balaban J connectivity index is 2.29. The summed E-state index contributed by atoms with van der Waals surface area (Å²) >= 11 is 0. The van der Waals surface area contributed by atoms with Crippen molar-refractivity contribution in [2.24, 2.45) is 0 Å². The van der Waals surface area contributed by atoms with E-state index in [2.05, 4.69) is 9.97 Å². The third-order valence-electron chi connectivity index (χ3n) is 2.36. The summed E-state index contributed by atoms with van der Waals surface area (Å²) < 4.78 is 5.60. The fourth-order valence-corrected chi connectivity index (χ4v) is 1.51. The first-order chi connectivity index (χ1) is 8.66. The van der Waals surface area contributed by atoms with Crippen LogP contribution < -0.4 is 4.74 Å². The summed E-state index contributed by atoms with van der Waals surface area (Å²) in [5.74, 6) is -0.0271. The van der Waals surface area contributed by atoms with E-state index < -0.39 is 5.97 Å². The van der Waals surface area contributed by atoms with Crippen LogP contribution in [-0.4, -0.2) is 21.0 Å². The van der Waals surface area contributed by atoms with Gasteiger partial charge in [-0.1, -0.05) is 18.2 Å². The number of hydrogen-bond donors (Lipinski definition) is 1. The summed E-state index contributed by atoms with van der Waals surface area (Å²) in [7, 11) is 0. The molecule has 5 heteroatoms. The van der Waals surface area contributed by atoms with Crippen molar-refractivity contribution in [2.75, 3.05) is 0 Å². The molecule has 0 aliphatic carbocycles. The summed E-state index contributed by atoms with van der Waals surface area (Å²) in [6.07, 6.45) is 3.02. The number of aryl methyl sites for hydroxylation is 1. The Morgan fingerprint density at radius 2 is 2.00 bits per heavy atom. The van der Waals surface area contributed by atoms with Gasteiger partial charge in [0.05, 0.1) is 12.1 Å². The number of carboxylic acids is 1. The van der Waals surface area contributed by atoms with Crippen LogP contribution in [0.5, 0.6) is 11.6 Å². The normalized spacial score (nSPS) is 10.1. The highest BCUT2D eigenvalue weighted by atomic mass is 16.5. The van der Waals surface area contributed by atoms with Crippen molar-refractivity contribution in [3.63, 3.8) is 0 Å². The zero-order chi connectivity index (χ0) is 13.0. The Morgan fingerprint density at radius 3 is 2.72 bits per heavy atom. The van der Waals surface area contributed by atoms with Gasteiger partial charge < -0.3 is 9.84 Å². The molecule has 0 fully saturated rings. The molecule has 0 unspecified atom stereocenters. The van der Waals surface area contributed by atoms with E-state index in [4.69, 9.17) is 9.84 Å². The largest absolute Gasteiger partial charge is 0.481 e. The fourth-order valence-electron chi connectivity index (χ4n) is 1.51. The number of rotatable bonds is 4. The molecule has 0 bridgehead atoms. The highest BCUT2D eigenvalue weighted by Gasteiger charge is 2.10. The Bertz CT molecular complexity index is 570. The number of carbonyl (C=O) groups is 1. The molecule has 92 valence electrons. The second kappa shape index (κ2) is 5.27. The monoisotopic (exact) mass is 244 g/mol. The smallest absolute Gasteiger partial charge is 0.307 e. The van der Waals surface area contributed by atoms with Gasteiger partial charge in [-0.25, -0.2) is 4.98 Å². The molecule has 2 aromatic rings. The van der Waals surface area contributed by atoms with Crippen molar-refractivity contribution in [3.05, 3.63) is 47.9 Å². The molecule has 0 aliphatic rings. The average Bonchev–Trinajstić information content (AvgIpc) is 2.34. The van der Waals surface area contributed by atoms with E-state index in [-0.39, 0.29) is 6.42 Å². The Morgan fingerprint density at radius 1 is 1.28 bits per heavy atom. The number of para-hydroxylation sites is 1. The lowest BCUT2D eigenvalue weighted by Gasteiger charge is -2.09. The molecule has 2 rings (SSSR count). The predicted octanol–water partition coefficient (Wildman–Crippen LogP) is 2.20. The number of hydrogen-bond acceptors (Lipinski definition) is 4. The van der Waals surface area contributed by atoms with Gasteiger partial charge in [0.25, 0.3) is 0 Å². The van der Waals surface area contributed by atoms with Crippen LogP contribution in [0.4, 0.5) is 0 Å². The Hall–Kier alpha value is -2.43. The molecule has 0 spiro atoms. The molecule has 18 heavy (non-hydrogen) atoms. The first-order valence-corrected chi connectivity index (χ1v) is 5.42. The number of nitrogens with zero attached hydrogens (tertiary/aromatic N) is 2. The van der Waals surface area contributed by atoms with Crippen molar-refractivity contribution in [2.45, 2.75) is 13.3 Å². The Kier molecular flexibility index (Phi) is 3.52. The SMILES string of the molecule is Cc1nccnc1Oc1ccccc1CC(=O)O. The maximum absolute atomic E-state index is 10.8. The molecular weight excluding hydrogens is 232 g/mol. The summed E-state index contributed by atoms with van der Waals surface area (Å²) in [4.78, 5) is 18.9. The van der Waals surface area contributed by atoms with E-state index in [9.17, 15) is 4.79 Å². The summed E-state index contributed by atoms with van der Waals surface area (Å²) in [5.41, 5.74) is 1.26. The van der Waals surface area contributed by atoms with Gasteiger partial charge in [-0.15, -0.1) is 0 Å². The highest BCUT2D eigenvalue weighted by Crippen LogP contribution is 2.25. The summed E-state index contributed by atoms with van der Waals surface area (Å²) in [6, 6.07) is 6.99. The van der Waals surface area contributed by atoms with E-state index >= 15 is 0 Å². The standard InChI is InChI=1S/C13H12N2O3/c1-9-13(15-7-6-14-9)18-11-5-3-2-4-10(11)8-12(16)17/h2-7H,8H2,1H3,(H,16,17). The van der Waals surface area contributed by atoms with Crippen LogP contribution in [0.2, 0.25) is 0 Å². The van der Waals surface area contributed by atoms with Crippen LogP contribution in [0, 0.1) is 6.92 Å². The molecular formula is C13H12N2O3. The third kappa shape index (κ3) is 2.82. The van der Waals surface area contributed by atoms with Crippen LogP contribution in [-0.2, 0) is 11.2 Å². The highest BCUT2D eigenvalue weighted by molar-refractivity contribution is 5.71. The van der Waals surface area contributed by atoms with Crippen LogP contribution in [0.1, 0.15) is 11.3 Å². The second-order valence-corrected chi connectivity index (χ2v) is 3.73. The molecule has 1 aromatic heterocycles. The van der Waals surface area contributed by atoms with E-state index in [1.807, 2.05) is 0 Å².